The summed E-state index contributed by atoms with van der Waals surface area (Å²) in [6, 6.07) is 14.8. The third kappa shape index (κ3) is 3.45. The van der Waals surface area contributed by atoms with Gasteiger partial charge in [-0.25, -0.2) is 0 Å². The number of nitrogens with zero attached hydrogens (tertiary/aromatic N) is 2. The topological polar surface area (TPSA) is 68.0 Å². The summed E-state index contributed by atoms with van der Waals surface area (Å²) in [6.45, 7) is 3.94. The molecule has 0 bridgehead atoms. The zero-order valence-corrected chi connectivity index (χ0v) is 13.0. The Balaban J connectivity index is 1.79. The Morgan fingerprint density at radius 3 is 2.65 bits per heavy atom. The Bertz CT molecular complexity index is 822. The number of carbonyl (C=O) groups excluding carboxylic acids is 1. The highest BCUT2D eigenvalue weighted by molar-refractivity contribution is 6.04. The SMILES string of the molecule is CCc1nc(-c2cccc(NC(=O)c3ccc(C)cc3)c2)no1. The van der Waals surface area contributed by atoms with Gasteiger partial charge in [0.25, 0.3) is 5.91 Å². The summed E-state index contributed by atoms with van der Waals surface area (Å²) >= 11 is 0. The summed E-state index contributed by atoms with van der Waals surface area (Å²) in [6.07, 6.45) is 0.691. The fourth-order valence-corrected chi connectivity index (χ4v) is 2.16. The van der Waals surface area contributed by atoms with Crippen LogP contribution in [0.15, 0.2) is 53.1 Å². The minimum absolute atomic E-state index is 0.149. The molecule has 1 amide bonds. The van der Waals surface area contributed by atoms with E-state index in [2.05, 4.69) is 15.5 Å². The molecule has 1 heterocycles. The number of hydrogen-bond acceptors (Lipinski definition) is 4. The van der Waals surface area contributed by atoms with Crippen LogP contribution in [0.5, 0.6) is 0 Å². The van der Waals surface area contributed by atoms with Gasteiger partial charge in [-0.05, 0) is 31.2 Å². The van der Waals surface area contributed by atoms with Gasteiger partial charge in [0.2, 0.25) is 11.7 Å². The second-order valence-corrected chi connectivity index (χ2v) is 5.27. The predicted molar refractivity (Wildman–Crippen MR) is 88.2 cm³/mol. The van der Waals surface area contributed by atoms with Gasteiger partial charge in [0.05, 0.1) is 0 Å². The summed E-state index contributed by atoms with van der Waals surface area (Å²) in [5.41, 5.74) is 3.23. The van der Waals surface area contributed by atoms with Gasteiger partial charge in [-0.2, -0.15) is 4.98 Å². The Morgan fingerprint density at radius 2 is 1.96 bits per heavy atom. The Labute approximate surface area is 134 Å². The van der Waals surface area contributed by atoms with Gasteiger partial charge < -0.3 is 9.84 Å². The van der Waals surface area contributed by atoms with E-state index >= 15 is 0 Å². The van der Waals surface area contributed by atoms with Crippen LogP contribution in [0.4, 0.5) is 5.69 Å². The average molecular weight is 307 g/mol. The molecule has 0 aliphatic rings. The van der Waals surface area contributed by atoms with Crippen molar-refractivity contribution in [1.29, 1.82) is 0 Å². The maximum Gasteiger partial charge on any atom is 0.255 e. The summed E-state index contributed by atoms with van der Waals surface area (Å²) in [5, 5.41) is 6.83. The van der Waals surface area contributed by atoms with Gasteiger partial charge in [-0.3, -0.25) is 4.79 Å². The molecule has 116 valence electrons. The van der Waals surface area contributed by atoms with Crippen molar-refractivity contribution in [2.24, 2.45) is 0 Å². The molecule has 0 aliphatic carbocycles. The van der Waals surface area contributed by atoms with Gasteiger partial charge in [-0.15, -0.1) is 0 Å². The molecule has 1 N–H and O–H groups in total. The number of benzene rings is 2. The summed E-state index contributed by atoms with van der Waals surface area (Å²) < 4.78 is 5.12. The second kappa shape index (κ2) is 6.44. The molecule has 0 atom stereocenters. The van der Waals surface area contributed by atoms with Crippen LogP contribution < -0.4 is 5.32 Å². The second-order valence-electron chi connectivity index (χ2n) is 5.27. The van der Waals surface area contributed by atoms with Crippen molar-refractivity contribution in [1.82, 2.24) is 10.1 Å². The molecule has 23 heavy (non-hydrogen) atoms. The van der Waals surface area contributed by atoms with Crippen molar-refractivity contribution in [2.75, 3.05) is 5.32 Å². The smallest absolute Gasteiger partial charge is 0.255 e. The first kappa shape index (κ1) is 15.0. The lowest BCUT2D eigenvalue weighted by molar-refractivity contribution is 0.102. The molecule has 0 saturated carbocycles. The maximum absolute atomic E-state index is 12.3. The molecular formula is C18H17N3O2. The lowest BCUT2D eigenvalue weighted by Crippen LogP contribution is -2.11. The zero-order valence-electron chi connectivity index (χ0n) is 13.0. The summed E-state index contributed by atoms with van der Waals surface area (Å²) in [7, 11) is 0. The summed E-state index contributed by atoms with van der Waals surface area (Å²) in [4.78, 5) is 16.6. The fraction of sp³-hybridized carbons (Fsp3) is 0.167. The van der Waals surface area contributed by atoms with Gasteiger partial charge in [0.1, 0.15) is 0 Å². The number of amides is 1. The van der Waals surface area contributed by atoms with Gasteiger partial charge in [0, 0.05) is 23.2 Å². The van der Waals surface area contributed by atoms with E-state index in [0.29, 0.717) is 29.4 Å². The van der Waals surface area contributed by atoms with E-state index in [1.165, 1.54) is 0 Å². The maximum atomic E-state index is 12.3. The van der Waals surface area contributed by atoms with E-state index in [9.17, 15) is 4.79 Å². The van der Waals surface area contributed by atoms with E-state index in [1.807, 2.05) is 50.2 Å². The van der Waals surface area contributed by atoms with E-state index in [-0.39, 0.29) is 5.91 Å². The van der Waals surface area contributed by atoms with Crippen molar-refractivity contribution in [3.8, 4) is 11.4 Å². The molecule has 1 aromatic heterocycles. The average Bonchev–Trinajstić information content (AvgIpc) is 3.05. The van der Waals surface area contributed by atoms with Gasteiger partial charge in [0.15, 0.2) is 0 Å². The van der Waals surface area contributed by atoms with E-state index in [4.69, 9.17) is 4.52 Å². The Hall–Kier alpha value is -2.95. The van der Waals surface area contributed by atoms with E-state index < -0.39 is 0 Å². The van der Waals surface area contributed by atoms with E-state index in [0.717, 1.165) is 11.1 Å². The minimum atomic E-state index is -0.149. The zero-order chi connectivity index (χ0) is 16.2. The molecule has 2 aromatic carbocycles. The van der Waals surface area contributed by atoms with Crippen LogP contribution in [0.1, 0.15) is 28.7 Å². The van der Waals surface area contributed by atoms with Crippen LogP contribution in [0, 0.1) is 6.92 Å². The molecule has 0 radical (unpaired) electrons. The number of rotatable bonds is 4. The first-order chi connectivity index (χ1) is 11.2. The number of carbonyl (C=O) groups is 1. The Morgan fingerprint density at radius 1 is 1.17 bits per heavy atom. The van der Waals surface area contributed by atoms with Crippen molar-refractivity contribution in [3.05, 3.63) is 65.5 Å². The van der Waals surface area contributed by atoms with Crippen molar-refractivity contribution in [2.45, 2.75) is 20.3 Å². The molecule has 0 spiro atoms. The standard InChI is InChI=1S/C18H17N3O2/c1-3-16-20-17(21-23-16)14-5-4-6-15(11-14)19-18(22)13-9-7-12(2)8-10-13/h4-11H,3H2,1-2H3,(H,19,22). The minimum Gasteiger partial charge on any atom is -0.339 e. The lowest BCUT2D eigenvalue weighted by atomic mass is 10.1. The number of anilines is 1. The van der Waals surface area contributed by atoms with E-state index in [1.54, 1.807) is 12.1 Å². The molecular weight excluding hydrogens is 290 g/mol. The molecule has 0 aliphatic heterocycles. The van der Waals surface area contributed by atoms with Crippen molar-refractivity contribution < 1.29 is 9.32 Å². The predicted octanol–water partition coefficient (Wildman–Crippen LogP) is 3.86. The van der Waals surface area contributed by atoms with Crippen LogP contribution in [0.3, 0.4) is 0 Å². The monoisotopic (exact) mass is 307 g/mol. The molecule has 0 unspecified atom stereocenters. The van der Waals surface area contributed by atoms with Gasteiger partial charge >= 0.3 is 0 Å². The van der Waals surface area contributed by atoms with Crippen LogP contribution in [0.25, 0.3) is 11.4 Å². The van der Waals surface area contributed by atoms with Crippen LogP contribution in [-0.4, -0.2) is 16.0 Å². The molecule has 5 nitrogen and oxygen atoms in total. The van der Waals surface area contributed by atoms with Crippen LogP contribution in [-0.2, 0) is 6.42 Å². The highest BCUT2D eigenvalue weighted by atomic mass is 16.5. The highest BCUT2D eigenvalue weighted by Gasteiger charge is 2.10. The largest absolute Gasteiger partial charge is 0.339 e. The number of nitrogens with one attached hydrogen (secondary N) is 1. The normalized spacial score (nSPS) is 10.5. The van der Waals surface area contributed by atoms with Crippen molar-refractivity contribution in [3.63, 3.8) is 0 Å². The number of aromatic nitrogens is 2. The van der Waals surface area contributed by atoms with Crippen molar-refractivity contribution >= 4 is 11.6 Å². The molecule has 0 saturated heterocycles. The Kier molecular flexibility index (Phi) is 4.19. The van der Waals surface area contributed by atoms with Crippen LogP contribution in [0.2, 0.25) is 0 Å². The molecule has 3 rings (SSSR count). The third-order valence-corrected chi connectivity index (χ3v) is 3.46. The quantitative estimate of drug-likeness (QED) is 0.794. The highest BCUT2D eigenvalue weighted by Crippen LogP contribution is 2.20. The first-order valence-electron chi connectivity index (χ1n) is 7.47. The fourth-order valence-electron chi connectivity index (χ4n) is 2.16. The lowest BCUT2D eigenvalue weighted by Gasteiger charge is -2.06. The number of hydrogen-bond donors (Lipinski definition) is 1. The van der Waals surface area contributed by atoms with Crippen LogP contribution >= 0.6 is 0 Å². The molecule has 5 heteroatoms. The molecule has 3 aromatic rings. The number of aryl methyl sites for hydroxylation is 2. The third-order valence-electron chi connectivity index (χ3n) is 3.46. The molecule has 0 fully saturated rings. The first-order valence-corrected chi connectivity index (χ1v) is 7.47. The van der Waals surface area contributed by atoms with Gasteiger partial charge in [-0.1, -0.05) is 41.9 Å². The summed E-state index contributed by atoms with van der Waals surface area (Å²) in [5.74, 6) is 0.965.